The third kappa shape index (κ3) is 3.38. The van der Waals surface area contributed by atoms with Crippen LogP contribution in [0.25, 0.3) is 0 Å². The van der Waals surface area contributed by atoms with Gasteiger partial charge in [0, 0.05) is 23.0 Å². The maximum absolute atomic E-state index is 13.3. The van der Waals surface area contributed by atoms with Crippen molar-refractivity contribution in [2.45, 2.75) is 5.92 Å². The van der Waals surface area contributed by atoms with E-state index in [9.17, 15) is 8.78 Å². The van der Waals surface area contributed by atoms with Crippen LogP contribution in [0, 0.1) is 11.6 Å². The number of benzene rings is 1. The van der Waals surface area contributed by atoms with Crippen molar-refractivity contribution in [3.05, 3.63) is 62.3 Å². The molecule has 1 atom stereocenters. The fourth-order valence-electron chi connectivity index (χ4n) is 1.86. The van der Waals surface area contributed by atoms with Crippen LogP contribution in [0.15, 0.2) is 39.4 Å². The minimum atomic E-state index is -0.625. The number of nitrogens with two attached hydrogens (primary N) is 1. The second kappa shape index (κ2) is 6.07. The second-order valence-corrected chi connectivity index (χ2v) is 5.66. The molecule has 0 unspecified atom stereocenters. The number of hydrogen-bond donors (Lipinski definition) is 1. The minimum absolute atomic E-state index is 0.199. The van der Waals surface area contributed by atoms with Gasteiger partial charge in [0.25, 0.3) is 0 Å². The lowest BCUT2D eigenvalue weighted by atomic mass is 9.95. The van der Waals surface area contributed by atoms with Gasteiger partial charge in [-0.2, -0.15) is 0 Å². The Morgan fingerprint density at radius 2 is 1.74 bits per heavy atom. The Kier molecular flexibility index (Phi) is 4.65. The molecule has 0 radical (unpaired) electrons. The molecule has 0 bridgehead atoms. The van der Waals surface area contributed by atoms with E-state index in [1.54, 1.807) is 6.07 Å². The smallest absolute Gasteiger partial charge is 0.126 e. The summed E-state index contributed by atoms with van der Waals surface area (Å²) in [5.74, 6) is -1.63. The maximum atomic E-state index is 13.3. The molecular formula is C13H10Br2F2N2. The molecule has 2 aromatic rings. The molecule has 0 saturated heterocycles. The first-order valence-corrected chi connectivity index (χ1v) is 7.08. The topological polar surface area (TPSA) is 38.9 Å². The van der Waals surface area contributed by atoms with Crippen LogP contribution in [-0.2, 0) is 0 Å². The molecule has 1 aromatic heterocycles. The Morgan fingerprint density at radius 3 is 2.32 bits per heavy atom. The number of hydrogen-bond acceptors (Lipinski definition) is 2. The second-order valence-electron chi connectivity index (χ2n) is 3.99. The van der Waals surface area contributed by atoms with Crippen LogP contribution in [0.4, 0.5) is 8.78 Å². The van der Waals surface area contributed by atoms with Crippen molar-refractivity contribution in [3.8, 4) is 0 Å². The highest BCUT2D eigenvalue weighted by Crippen LogP contribution is 2.30. The molecule has 6 heteroatoms. The van der Waals surface area contributed by atoms with E-state index in [0.717, 1.165) is 10.5 Å². The van der Waals surface area contributed by atoms with Gasteiger partial charge in [-0.05, 0) is 61.7 Å². The van der Waals surface area contributed by atoms with Crippen LogP contribution >= 0.6 is 31.9 Å². The third-order valence-corrected chi connectivity index (χ3v) is 3.80. The number of pyridine rings is 1. The van der Waals surface area contributed by atoms with E-state index < -0.39 is 11.6 Å². The van der Waals surface area contributed by atoms with Crippen LogP contribution in [0.1, 0.15) is 17.2 Å². The molecule has 1 heterocycles. The molecule has 1 aromatic carbocycles. The Hall–Kier alpha value is -0.850. The maximum Gasteiger partial charge on any atom is 0.126 e. The highest BCUT2D eigenvalue weighted by molar-refractivity contribution is 9.11. The first-order valence-electron chi connectivity index (χ1n) is 5.49. The summed E-state index contributed by atoms with van der Waals surface area (Å²) in [4.78, 5) is 4.32. The molecular weight excluding hydrogens is 382 g/mol. The van der Waals surface area contributed by atoms with Gasteiger partial charge in [-0.1, -0.05) is 0 Å². The highest BCUT2D eigenvalue weighted by Gasteiger charge is 2.19. The fraction of sp³-hybridized carbons (Fsp3) is 0.154. The van der Waals surface area contributed by atoms with Crippen molar-refractivity contribution in [3.63, 3.8) is 0 Å². The first-order chi connectivity index (χ1) is 9.01. The van der Waals surface area contributed by atoms with Crippen molar-refractivity contribution in [2.75, 3.05) is 6.54 Å². The molecule has 2 nitrogen and oxygen atoms in total. The van der Waals surface area contributed by atoms with E-state index >= 15 is 0 Å². The van der Waals surface area contributed by atoms with E-state index in [2.05, 4.69) is 36.8 Å². The monoisotopic (exact) mass is 390 g/mol. The largest absolute Gasteiger partial charge is 0.329 e. The van der Waals surface area contributed by atoms with Crippen molar-refractivity contribution < 1.29 is 8.78 Å². The number of rotatable bonds is 3. The summed E-state index contributed by atoms with van der Waals surface area (Å²) in [7, 11) is 0. The van der Waals surface area contributed by atoms with Crippen LogP contribution < -0.4 is 5.73 Å². The average Bonchev–Trinajstić information content (AvgIpc) is 2.33. The van der Waals surface area contributed by atoms with Gasteiger partial charge >= 0.3 is 0 Å². The number of halogens is 4. The zero-order valence-corrected chi connectivity index (χ0v) is 12.9. The van der Waals surface area contributed by atoms with E-state index in [4.69, 9.17) is 5.73 Å². The van der Waals surface area contributed by atoms with Gasteiger partial charge in [0.1, 0.15) is 16.2 Å². The lowest BCUT2D eigenvalue weighted by Crippen LogP contribution is -2.16. The standard InChI is InChI=1S/C13H10Br2F2N2/c14-11-1-2-12(15)19-13(11)10(6-18)7-3-8(16)5-9(17)4-7/h1-5,10H,6,18H2/t10-/m1/s1. The van der Waals surface area contributed by atoms with Gasteiger partial charge in [-0.25, -0.2) is 13.8 Å². The van der Waals surface area contributed by atoms with Crippen molar-refractivity contribution in [2.24, 2.45) is 5.73 Å². The Morgan fingerprint density at radius 1 is 1.11 bits per heavy atom. The van der Waals surface area contributed by atoms with Crippen LogP contribution in [0.2, 0.25) is 0 Å². The summed E-state index contributed by atoms with van der Waals surface area (Å²) in [6.07, 6.45) is 0. The van der Waals surface area contributed by atoms with Crippen molar-refractivity contribution in [1.82, 2.24) is 4.98 Å². The summed E-state index contributed by atoms with van der Waals surface area (Å²) < 4.78 is 28.0. The number of aromatic nitrogens is 1. The van der Waals surface area contributed by atoms with E-state index in [1.807, 2.05) is 6.07 Å². The van der Waals surface area contributed by atoms with Crippen LogP contribution in [-0.4, -0.2) is 11.5 Å². The minimum Gasteiger partial charge on any atom is -0.329 e. The molecule has 2 N–H and O–H groups in total. The first kappa shape index (κ1) is 14.6. The summed E-state index contributed by atoms with van der Waals surface area (Å²) in [5.41, 5.74) is 6.84. The Bertz CT molecular complexity index is 585. The Labute approximate surface area is 126 Å². The molecule has 100 valence electrons. The summed E-state index contributed by atoms with van der Waals surface area (Å²) in [6.45, 7) is 0.199. The van der Waals surface area contributed by atoms with Gasteiger partial charge in [0.05, 0.1) is 5.69 Å². The Balaban J connectivity index is 2.52. The van der Waals surface area contributed by atoms with Crippen molar-refractivity contribution >= 4 is 31.9 Å². The normalized spacial score (nSPS) is 12.5. The molecule has 0 spiro atoms. The highest BCUT2D eigenvalue weighted by atomic mass is 79.9. The molecule has 0 saturated carbocycles. The molecule has 0 aliphatic carbocycles. The SMILES string of the molecule is NC[C@H](c1cc(F)cc(F)c1)c1nc(Br)ccc1Br. The molecule has 19 heavy (non-hydrogen) atoms. The average molecular weight is 392 g/mol. The molecule has 2 rings (SSSR count). The number of nitrogens with zero attached hydrogens (tertiary/aromatic N) is 1. The van der Waals surface area contributed by atoms with Gasteiger partial charge < -0.3 is 5.73 Å². The third-order valence-electron chi connectivity index (χ3n) is 2.69. The summed E-state index contributed by atoms with van der Waals surface area (Å²) in [5, 5.41) is 0. The van der Waals surface area contributed by atoms with Gasteiger partial charge in [-0.3, -0.25) is 0 Å². The van der Waals surface area contributed by atoms with Gasteiger partial charge in [-0.15, -0.1) is 0 Å². The van der Waals surface area contributed by atoms with Gasteiger partial charge in [0.15, 0.2) is 0 Å². The lowest BCUT2D eigenvalue weighted by molar-refractivity contribution is 0.576. The van der Waals surface area contributed by atoms with Crippen molar-refractivity contribution in [1.29, 1.82) is 0 Å². The zero-order valence-electron chi connectivity index (χ0n) is 9.71. The zero-order chi connectivity index (χ0) is 14.0. The summed E-state index contributed by atoms with van der Waals surface area (Å²) >= 11 is 6.65. The lowest BCUT2D eigenvalue weighted by Gasteiger charge is -2.17. The predicted octanol–water partition coefficient (Wildman–Crippen LogP) is 3.98. The van der Waals surface area contributed by atoms with E-state index in [1.165, 1.54) is 12.1 Å². The molecule has 0 amide bonds. The molecule has 0 fully saturated rings. The van der Waals surface area contributed by atoms with Crippen LogP contribution in [0.5, 0.6) is 0 Å². The van der Waals surface area contributed by atoms with Gasteiger partial charge in [0.2, 0.25) is 0 Å². The predicted molar refractivity (Wildman–Crippen MR) is 76.9 cm³/mol. The quantitative estimate of drug-likeness (QED) is 0.804. The van der Waals surface area contributed by atoms with E-state index in [-0.39, 0.29) is 12.5 Å². The van der Waals surface area contributed by atoms with E-state index in [0.29, 0.717) is 15.9 Å². The summed E-state index contributed by atoms with van der Waals surface area (Å²) in [6, 6.07) is 6.96. The fourth-order valence-corrected chi connectivity index (χ4v) is 2.68. The van der Waals surface area contributed by atoms with Crippen LogP contribution in [0.3, 0.4) is 0 Å². The molecule has 0 aliphatic heterocycles. The molecule has 0 aliphatic rings.